The summed E-state index contributed by atoms with van der Waals surface area (Å²) in [5, 5.41) is 12.6. The Morgan fingerprint density at radius 1 is 1.54 bits per heavy atom. The molecule has 0 fully saturated rings. The van der Waals surface area contributed by atoms with E-state index < -0.39 is 0 Å². The fraction of sp³-hybridized carbons (Fsp3) is 0.286. The number of hydrogen-bond donors (Lipinski definition) is 1. The van der Waals surface area contributed by atoms with Crippen molar-refractivity contribution in [3.63, 3.8) is 0 Å². The molecule has 2 aromatic rings. The van der Waals surface area contributed by atoms with E-state index in [1.165, 1.54) is 17.7 Å². The van der Waals surface area contributed by atoms with Crippen LogP contribution in [0.1, 0.15) is 10.7 Å². The zero-order valence-corrected chi connectivity index (χ0v) is 7.84. The van der Waals surface area contributed by atoms with Crippen LogP contribution in [-0.4, -0.2) is 15.2 Å². The molecule has 2 rings (SSSR count). The molecule has 0 bridgehead atoms. The predicted molar refractivity (Wildman–Crippen MR) is 48.5 cm³/mol. The zero-order valence-electron chi connectivity index (χ0n) is 7.02. The molecule has 0 aliphatic rings. The van der Waals surface area contributed by atoms with Crippen molar-refractivity contribution in [2.45, 2.75) is 13.5 Å². The quantitative estimate of drug-likeness (QED) is 0.804. The highest BCUT2D eigenvalue weighted by Gasteiger charge is 2.00. The van der Waals surface area contributed by atoms with Crippen LogP contribution in [-0.2, 0) is 6.54 Å². The molecule has 0 saturated carbocycles. The van der Waals surface area contributed by atoms with Gasteiger partial charge in [0.15, 0.2) is 6.39 Å². The number of anilines is 1. The smallest absolute Gasteiger partial charge is 0.205 e. The van der Waals surface area contributed by atoms with Gasteiger partial charge < -0.3 is 9.73 Å². The van der Waals surface area contributed by atoms with E-state index in [9.17, 15) is 0 Å². The Labute approximate surface area is 78.8 Å². The van der Waals surface area contributed by atoms with Crippen molar-refractivity contribution in [3.8, 4) is 0 Å². The fourth-order valence-corrected chi connectivity index (χ4v) is 1.45. The molecule has 0 radical (unpaired) electrons. The van der Waals surface area contributed by atoms with E-state index in [-0.39, 0.29) is 0 Å². The minimum Gasteiger partial charge on any atom is -0.451 e. The van der Waals surface area contributed by atoms with E-state index in [1.807, 2.05) is 6.92 Å². The molecule has 5 nitrogen and oxygen atoms in total. The number of aryl methyl sites for hydroxylation is 1. The first-order valence-electron chi connectivity index (χ1n) is 3.75. The van der Waals surface area contributed by atoms with E-state index in [4.69, 9.17) is 4.42 Å². The Morgan fingerprint density at radius 2 is 2.46 bits per heavy atom. The minimum absolute atomic E-state index is 0.616. The maximum atomic E-state index is 4.82. The van der Waals surface area contributed by atoms with Crippen molar-refractivity contribution in [2.75, 3.05) is 5.32 Å². The summed E-state index contributed by atoms with van der Waals surface area (Å²) in [6.07, 6.45) is 3.00. The lowest BCUT2D eigenvalue weighted by Gasteiger charge is -1.95. The first-order valence-corrected chi connectivity index (χ1v) is 4.57. The van der Waals surface area contributed by atoms with Crippen LogP contribution in [0.5, 0.6) is 0 Å². The second kappa shape index (κ2) is 3.53. The average Bonchev–Trinajstić information content (AvgIpc) is 2.71. The highest BCUT2D eigenvalue weighted by atomic mass is 32.1. The van der Waals surface area contributed by atoms with Gasteiger partial charge in [-0.15, -0.1) is 10.2 Å². The van der Waals surface area contributed by atoms with Crippen LogP contribution in [0.4, 0.5) is 5.13 Å². The van der Waals surface area contributed by atoms with Gasteiger partial charge in [-0.2, -0.15) is 0 Å². The van der Waals surface area contributed by atoms with Crippen molar-refractivity contribution in [1.82, 2.24) is 15.2 Å². The summed E-state index contributed by atoms with van der Waals surface area (Å²) in [7, 11) is 0. The van der Waals surface area contributed by atoms with Gasteiger partial charge in [0.05, 0.1) is 12.2 Å². The van der Waals surface area contributed by atoms with Gasteiger partial charge in [0, 0.05) is 0 Å². The summed E-state index contributed by atoms with van der Waals surface area (Å²) in [6, 6.07) is 0. The molecule has 13 heavy (non-hydrogen) atoms. The lowest BCUT2D eigenvalue weighted by molar-refractivity contribution is 0.556. The van der Waals surface area contributed by atoms with Crippen molar-refractivity contribution in [3.05, 3.63) is 23.4 Å². The zero-order chi connectivity index (χ0) is 9.10. The molecular formula is C7H8N4OS. The van der Waals surface area contributed by atoms with Crippen LogP contribution in [0, 0.1) is 6.92 Å². The summed E-state index contributed by atoms with van der Waals surface area (Å²) in [5.41, 5.74) is 0.854. The third-order valence-corrected chi connectivity index (χ3v) is 2.23. The van der Waals surface area contributed by atoms with Gasteiger partial charge in [0.2, 0.25) is 5.13 Å². The van der Waals surface area contributed by atoms with E-state index in [2.05, 4.69) is 20.5 Å². The molecule has 68 valence electrons. The number of nitrogens with one attached hydrogen (secondary N) is 1. The van der Waals surface area contributed by atoms with Gasteiger partial charge >= 0.3 is 0 Å². The first kappa shape index (κ1) is 8.18. The molecule has 0 aromatic carbocycles. The van der Waals surface area contributed by atoms with Crippen LogP contribution < -0.4 is 5.32 Å². The lowest BCUT2D eigenvalue weighted by atomic mass is 10.5. The van der Waals surface area contributed by atoms with Gasteiger partial charge in [0.25, 0.3) is 0 Å². The van der Waals surface area contributed by atoms with Crippen LogP contribution in [0.15, 0.2) is 17.1 Å². The van der Waals surface area contributed by atoms with Gasteiger partial charge in [0.1, 0.15) is 11.3 Å². The highest BCUT2D eigenvalue weighted by molar-refractivity contribution is 7.15. The number of aromatic nitrogens is 3. The van der Waals surface area contributed by atoms with Crippen LogP contribution >= 0.6 is 11.3 Å². The second-order valence-corrected chi connectivity index (χ2v) is 3.64. The Kier molecular flexibility index (Phi) is 2.22. The summed E-state index contributed by atoms with van der Waals surface area (Å²) in [5.74, 6) is 0. The Balaban J connectivity index is 1.93. The van der Waals surface area contributed by atoms with Gasteiger partial charge in [-0.1, -0.05) is 11.3 Å². The third kappa shape index (κ3) is 2.03. The molecule has 0 spiro atoms. The number of oxazole rings is 1. The summed E-state index contributed by atoms with van der Waals surface area (Å²) < 4.78 is 4.82. The monoisotopic (exact) mass is 196 g/mol. The average molecular weight is 196 g/mol. The summed E-state index contributed by atoms with van der Waals surface area (Å²) in [4.78, 5) is 3.97. The largest absolute Gasteiger partial charge is 0.451 e. The van der Waals surface area contributed by atoms with E-state index >= 15 is 0 Å². The van der Waals surface area contributed by atoms with Gasteiger partial charge in [-0.3, -0.25) is 0 Å². The maximum absolute atomic E-state index is 4.82. The van der Waals surface area contributed by atoms with E-state index in [0.29, 0.717) is 6.54 Å². The lowest BCUT2D eigenvalue weighted by Crippen LogP contribution is -1.98. The van der Waals surface area contributed by atoms with E-state index in [0.717, 1.165) is 15.8 Å². The maximum Gasteiger partial charge on any atom is 0.205 e. The van der Waals surface area contributed by atoms with Crippen molar-refractivity contribution >= 4 is 16.5 Å². The van der Waals surface area contributed by atoms with Crippen molar-refractivity contribution < 1.29 is 4.42 Å². The number of rotatable bonds is 3. The summed E-state index contributed by atoms with van der Waals surface area (Å²) in [6.45, 7) is 2.53. The third-order valence-electron chi connectivity index (χ3n) is 1.43. The van der Waals surface area contributed by atoms with Gasteiger partial charge in [-0.25, -0.2) is 4.98 Å². The highest BCUT2D eigenvalue weighted by Crippen LogP contribution is 2.14. The SMILES string of the molecule is Cc1nnc(NCc2cocn2)s1. The number of hydrogen-bond acceptors (Lipinski definition) is 6. The predicted octanol–water partition coefficient (Wildman–Crippen LogP) is 1.45. The Morgan fingerprint density at radius 3 is 3.08 bits per heavy atom. The first-order chi connectivity index (χ1) is 6.34. The van der Waals surface area contributed by atoms with E-state index in [1.54, 1.807) is 6.26 Å². The number of nitrogens with zero attached hydrogens (tertiary/aromatic N) is 3. The second-order valence-electron chi connectivity index (χ2n) is 2.46. The molecule has 0 aliphatic carbocycles. The van der Waals surface area contributed by atoms with Crippen LogP contribution in [0.2, 0.25) is 0 Å². The molecule has 2 aromatic heterocycles. The van der Waals surface area contributed by atoms with Crippen molar-refractivity contribution in [1.29, 1.82) is 0 Å². The topological polar surface area (TPSA) is 63.8 Å². The molecule has 0 aliphatic heterocycles. The Bertz CT molecular complexity index is 370. The normalized spacial score (nSPS) is 10.2. The van der Waals surface area contributed by atoms with Gasteiger partial charge in [-0.05, 0) is 6.92 Å². The van der Waals surface area contributed by atoms with Crippen LogP contribution in [0.3, 0.4) is 0 Å². The van der Waals surface area contributed by atoms with Crippen molar-refractivity contribution in [2.24, 2.45) is 0 Å². The molecule has 0 atom stereocenters. The van der Waals surface area contributed by atoms with Crippen LogP contribution in [0.25, 0.3) is 0 Å². The Hall–Kier alpha value is -1.43. The molecule has 6 heteroatoms. The molecule has 0 amide bonds. The summed E-state index contributed by atoms with van der Waals surface area (Å²) >= 11 is 1.52. The molecule has 2 heterocycles. The minimum atomic E-state index is 0.616. The molecule has 0 unspecified atom stereocenters. The molecule has 1 N–H and O–H groups in total. The standard InChI is InChI=1S/C7H8N4OS/c1-5-10-11-7(13-5)8-2-6-3-12-4-9-6/h3-4H,2H2,1H3,(H,8,11). The molecular weight excluding hydrogens is 188 g/mol. The fourth-order valence-electron chi connectivity index (χ4n) is 0.859. The molecule has 0 saturated heterocycles.